The van der Waals surface area contributed by atoms with Crippen LogP contribution in [-0.4, -0.2) is 41.2 Å². The molecule has 2 rings (SSSR count). The van der Waals surface area contributed by atoms with Gasteiger partial charge in [-0.2, -0.15) is 13.2 Å². The van der Waals surface area contributed by atoms with Crippen molar-refractivity contribution in [3.05, 3.63) is 23.8 Å². The number of piperidine rings is 1. The van der Waals surface area contributed by atoms with Crippen molar-refractivity contribution in [1.29, 1.82) is 0 Å². The van der Waals surface area contributed by atoms with Crippen LogP contribution in [0.25, 0.3) is 0 Å². The minimum atomic E-state index is -4.40. The average Bonchev–Trinajstić information content (AvgIpc) is 2.46. The summed E-state index contributed by atoms with van der Waals surface area (Å²) in [6.07, 6.45) is 2.31. The zero-order chi connectivity index (χ0) is 17.0. The highest BCUT2D eigenvalue weighted by atomic mass is 35.5. The summed E-state index contributed by atoms with van der Waals surface area (Å²) in [6.45, 7) is 0.942. The number of aliphatic carboxylic acids is 1. The molecular weight excluding hydrogens is 367 g/mol. The maximum absolute atomic E-state index is 12.6. The molecule has 1 aliphatic heterocycles. The number of rotatable bonds is 5. The smallest absolute Gasteiger partial charge is 0.446 e. The Morgan fingerprint density at radius 2 is 2.12 bits per heavy atom. The number of methoxy groups -OCH3 is 1. The fourth-order valence-electron chi connectivity index (χ4n) is 2.72. The molecule has 4 nitrogen and oxygen atoms in total. The number of likely N-dealkylation sites (tertiary alicyclic amines) is 1. The van der Waals surface area contributed by atoms with E-state index < -0.39 is 17.5 Å². The first-order valence-electron chi connectivity index (χ1n) is 7.19. The van der Waals surface area contributed by atoms with Crippen LogP contribution in [0.1, 0.15) is 24.8 Å². The van der Waals surface area contributed by atoms with Gasteiger partial charge in [0.1, 0.15) is 11.8 Å². The number of halogens is 4. The second kappa shape index (κ2) is 8.82. The van der Waals surface area contributed by atoms with Gasteiger partial charge in [0.25, 0.3) is 0 Å². The number of alkyl halides is 3. The maximum atomic E-state index is 12.6. The Morgan fingerprint density at radius 3 is 2.71 bits per heavy atom. The zero-order valence-electron chi connectivity index (χ0n) is 13.0. The van der Waals surface area contributed by atoms with Crippen molar-refractivity contribution in [3.8, 4) is 5.75 Å². The van der Waals surface area contributed by atoms with Crippen molar-refractivity contribution in [1.82, 2.24) is 4.90 Å². The van der Waals surface area contributed by atoms with Crippen molar-refractivity contribution in [2.75, 3.05) is 13.7 Å². The predicted octanol–water partition coefficient (Wildman–Crippen LogP) is 4.17. The van der Waals surface area contributed by atoms with E-state index in [1.165, 1.54) is 19.2 Å². The average molecular weight is 386 g/mol. The molecule has 0 radical (unpaired) electrons. The van der Waals surface area contributed by atoms with Gasteiger partial charge >= 0.3 is 11.5 Å². The van der Waals surface area contributed by atoms with Crippen molar-refractivity contribution in [3.63, 3.8) is 0 Å². The Morgan fingerprint density at radius 1 is 1.42 bits per heavy atom. The first-order chi connectivity index (χ1) is 10.8. The van der Waals surface area contributed by atoms with Crippen LogP contribution in [-0.2, 0) is 11.3 Å². The first-order valence-corrected chi connectivity index (χ1v) is 8.01. The van der Waals surface area contributed by atoms with Gasteiger partial charge in [-0.1, -0.05) is 12.5 Å². The Balaban J connectivity index is 0.00000288. The van der Waals surface area contributed by atoms with Crippen LogP contribution in [0, 0.1) is 0 Å². The lowest BCUT2D eigenvalue weighted by atomic mass is 10.0. The Kier molecular flexibility index (Phi) is 7.69. The lowest BCUT2D eigenvalue weighted by molar-refractivity contribution is -0.144. The van der Waals surface area contributed by atoms with Crippen molar-refractivity contribution < 1.29 is 27.8 Å². The number of carboxylic acids is 1. The van der Waals surface area contributed by atoms with Gasteiger partial charge in [0, 0.05) is 6.54 Å². The Labute approximate surface area is 148 Å². The van der Waals surface area contributed by atoms with Crippen LogP contribution < -0.4 is 4.74 Å². The molecule has 24 heavy (non-hydrogen) atoms. The van der Waals surface area contributed by atoms with E-state index in [1.54, 1.807) is 11.0 Å². The largest absolute Gasteiger partial charge is 0.496 e. The molecule has 1 atom stereocenters. The van der Waals surface area contributed by atoms with Gasteiger partial charge in [0.05, 0.1) is 12.0 Å². The highest BCUT2D eigenvalue weighted by molar-refractivity contribution is 8.00. The summed E-state index contributed by atoms with van der Waals surface area (Å²) in [4.78, 5) is 13.1. The van der Waals surface area contributed by atoms with Crippen LogP contribution in [0.15, 0.2) is 23.1 Å². The second-order valence-corrected chi connectivity index (χ2v) is 6.46. The van der Waals surface area contributed by atoms with Gasteiger partial charge in [0.15, 0.2) is 0 Å². The molecular formula is C15H19ClF3NO3S. The summed E-state index contributed by atoms with van der Waals surface area (Å²) in [6, 6.07) is 4.00. The molecule has 0 aromatic heterocycles. The fraction of sp³-hybridized carbons (Fsp3) is 0.533. The molecule has 0 amide bonds. The summed E-state index contributed by atoms with van der Waals surface area (Å²) in [5.74, 6) is -0.729. The highest BCUT2D eigenvalue weighted by Gasteiger charge is 2.32. The monoisotopic (exact) mass is 385 g/mol. The SMILES string of the molecule is COc1ccc(CN2CCCCC2C(=O)O)cc1SC(F)(F)F.Cl. The standard InChI is InChI=1S/C15H18F3NO3S.ClH/c1-22-12-6-5-10(8-13(12)23-15(16,17)18)9-19-7-3-2-4-11(19)14(20)21;/h5-6,8,11H,2-4,7,9H2,1H3,(H,20,21);1H. The van der Waals surface area contributed by atoms with Gasteiger partial charge in [-0.3, -0.25) is 9.69 Å². The number of carbonyl (C=O) groups is 1. The third-order valence-electron chi connectivity index (χ3n) is 3.74. The molecule has 0 spiro atoms. The molecule has 136 valence electrons. The molecule has 1 heterocycles. The molecule has 0 bridgehead atoms. The summed E-state index contributed by atoms with van der Waals surface area (Å²) < 4.78 is 42.9. The van der Waals surface area contributed by atoms with Gasteiger partial charge in [-0.15, -0.1) is 12.4 Å². The Hall–Kier alpha value is -1.12. The van der Waals surface area contributed by atoms with Crippen molar-refractivity contribution >= 4 is 30.1 Å². The summed E-state index contributed by atoms with van der Waals surface area (Å²) in [5.41, 5.74) is -3.76. The first kappa shape index (κ1) is 20.9. The molecule has 1 unspecified atom stereocenters. The third-order valence-corrected chi connectivity index (χ3v) is 4.51. The second-order valence-electron chi connectivity index (χ2n) is 5.35. The van der Waals surface area contributed by atoms with E-state index in [0.717, 1.165) is 12.8 Å². The number of benzene rings is 1. The lowest BCUT2D eigenvalue weighted by Crippen LogP contribution is -2.43. The van der Waals surface area contributed by atoms with E-state index in [9.17, 15) is 23.1 Å². The molecule has 1 fully saturated rings. The summed E-state index contributed by atoms with van der Waals surface area (Å²) in [5, 5.41) is 9.26. The molecule has 0 aliphatic carbocycles. The number of nitrogens with zero attached hydrogens (tertiary/aromatic N) is 1. The molecule has 9 heteroatoms. The number of carboxylic acid groups (broad SMARTS) is 1. The van der Waals surface area contributed by atoms with Crippen LogP contribution in [0.2, 0.25) is 0 Å². The van der Waals surface area contributed by atoms with Crippen LogP contribution in [0.3, 0.4) is 0 Å². The molecule has 1 N–H and O–H groups in total. The number of thioether (sulfide) groups is 1. The van der Waals surface area contributed by atoms with E-state index in [4.69, 9.17) is 4.74 Å². The fourth-order valence-corrected chi connectivity index (χ4v) is 3.43. The minimum absolute atomic E-state index is 0. The van der Waals surface area contributed by atoms with Gasteiger partial charge in [-0.25, -0.2) is 0 Å². The summed E-state index contributed by atoms with van der Waals surface area (Å²) in [7, 11) is 1.32. The summed E-state index contributed by atoms with van der Waals surface area (Å²) >= 11 is -0.225. The quantitative estimate of drug-likeness (QED) is 0.771. The molecule has 1 aromatic carbocycles. The predicted molar refractivity (Wildman–Crippen MR) is 87.8 cm³/mol. The van der Waals surface area contributed by atoms with E-state index >= 15 is 0 Å². The maximum Gasteiger partial charge on any atom is 0.446 e. The molecule has 1 aromatic rings. The molecule has 1 saturated heterocycles. The minimum Gasteiger partial charge on any atom is -0.496 e. The van der Waals surface area contributed by atoms with Crippen LogP contribution in [0.5, 0.6) is 5.75 Å². The van der Waals surface area contributed by atoms with E-state index in [-0.39, 0.29) is 34.8 Å². The lowest BCUT2D eigenvalue weighted by Gasteiger charge is -2.33. The van der Waals surface area contributed by atoms with E-state index in [1.807, 2.05) is 0 Å². The molecule has 0 saturated carbocycles. The van der Waals surface area contributed by atoms with Crippen LogP contribution >= 0.6 is 24.2 Å². The number of hydrogen-bond donors (Lipinski definition) is 1. The molecule has 1 aliphatic rings. The normalized spacial score (nSPS) is 18.8. The number of ether oxygens (including phenoxy) is 1. The Bertz CT molecular complexity index is 571. The highest BCUT2D eigenvalue weighted by Crippen LogP contribution is 2.42. The van der Waals surface area contributed by atoms with Crippen molar-refractivity contribution in [2.24, 2.45) is 0 Å². The van der Waals surface area contributed by atoms with E-state index in [2.05, 4.69) is 0 Å². The number of hydrogen-bond acceptors (Lipinski definition) is 4. The van der Waals surface area contributed by atoms with Gasteiger partial charge in [-0.05, 0) is 48.8 Å². The zero-order valence-corrected chi connectivity index (χ0v) is 14.6. The van der Waals surface area contributed by atoms with Gasteiger partial charge in [0.2, 0.25) is 0 Å². The van der Waals surface area contributed by atoms with Gasteiger partial charge < -0.3 is 9.84 Å². The van der Waals surface area contributed by atoms with Crippen LogP contribution in [0.4, 0.5) is 13.2 Å². The third kappa shape index (κ3) is 5.75. The van der Waals surface area contributed by atoms with Crippen molar-refractivity contribution in [2.45, 2.75) is 42.3 Å². The topological polar surface area (TPSA) is 49.8 Å². The van der Waals surface area contributed by atoms with E-state index in [0.29, 0.717) is 25.1 Å².